The Morgan fingerprint density at radius 3 is 2.78 bits per heavy atom. The van der Waals surface area contributed by atoms with Crippen LogP contribution in [-0.2, 0) is 6.42 Å². The number of hydrogen-bond acceptors (Lipinski definition) is 3. The van der Waals surface area contributed by atoms with Crippen molar-refractivity contribution in [1.82, 2.24) is 0 Å². The summed E-state index contributed by atoms with van der Waals surface area (Å²) in [6, 6.07) is 13.1. The molecule has 23 heavy (non-hydrogen) atoms. The maximum Gasteiger partial charge on any atom is 0.364 e. The van der Waals surface area contributed by atoms with Crippen LogP contribution in [0.25, 0.3) is 22.3 Å². The summed E-state index contributed by atoms with van der Waals surface area (Å²) in [6.07, 6.45) is 1.91. The third kappa shape index (κ3) is 2.46. The molecule has 3 aromatic rings. The van der Waals surface area contributed by atoms with Crippen LogP contribution in [0.1, 0.15) is 18.9 Å². The van der Waals surface area contributed by atoms with Gasteiger partial charge in [0.1, 0.15) is 5.75 Å². The first-order chi connectivity index (χ1) is 11.2. The average Bonchev–Trinajstić information content (AvgIpc) is 3.02. The molecule has 1 aromatic heterocycles. The van der Waals surface area contributed by atoms with Gasteiger partial charge in [0.25, 0.3) is 0 Å². The first kappa shape index (κ1) is 13.9. The van der Waals surface area contributed by atoms with Crippen molar-refractivity contribution in [2.45, 2.75) is 19.8 Å². The summed E-state index contributed by atoms with van der Waals surface area (Å²) >= 11 is 0. The van der Waals surface area contributed by atoms with Crippen molar-refractivity contribution in [2.75, 3.05) is 6.79 Å². The molecule has 0 fully saturated rings. The molecule has 0 bridgehead atoms. The quantitative estimate of drug-likeness (QED) is 0.708. The molecule has 0 amide bonds. The molecule has 0 radical (unpaired) electrons. The molecule has 1 N–H and O–H groups in total. The fourth-order valence-corrected chi connectivity index (χ4v) is 2.91. The standard InChI is InChI=1S/C19H16O4/c1-2-3-12-8-14-9-15(20)5-7-16(14)23-19(12)13-4-6-17-18(10-13)22-11-21-17/h4-10H,2-3,11H2,1H3/p+1. The summed E-state index contributed by atoms with van der Waals surface area (Å²) in [5.41, 5.74) is 2.83. The zero-order valence-corrected chi connectivity index (χ0v) is 12.8. The highest BCUT2D eigenvalue weighted by Gasteiger charge is 2.24. The highest BCUT2D eigenvalue weighted by molar-refractivity contribution is 5.82. The van der Waals surface area contributed by atoms with Crippen molar-refractivity contribution < 1.29 is 19.0 Å². The summed E-state index contributed by atoms with van der Waals surface area (Å²) in [5.74, 6) is 2.58. The van der Waals surface area contributed by atoms with Crippen LogP contribution in [0, 0.1) is 0 Å². The van der Waals surface area contributed by atoms with E-state index in [1.165, 1.54) is 0 Å². The van der Waals surface area contributed by atoms with Gasteiger partial charge in [-0.3, -0.25) is 0 Å². The largest absolute Gasteiger partial charge is 0.508 e. The third-order valence-corrected chi connectivity index (χ3v) is 3.98. The molecule has 4 nitrogen and oxygen atoms in total. The Morgan fingerprint density at radius 2 is 1.91 bits per heavy atom. The molecule has 4 rings (SSSR count). The van der Waals surface area contributed by atoms with Crippen LogP contribution in [-0.4, -0.2) is 11.9 Å². The van der Waals surface area contributed by atoms with Crippen LogP contribution in [0.4, 0.5) is 0 Å². The smallest absolute Gasteiger partial charge is 0.364 e. The van der Waals surface area contributed by atoms with E-state index in [2.05, 4.69) is 13.0 Å². The lowest BCUT2D eigenvalue weighted by atomic mass is 10.0. The predicted octanol–water partition coefficient (Wildman–Crippen LogP) is 4.77. The molecular formula is C19H17O4+. The second kappa shape index (κ2) is 5.47. The maximum absolute atomic E-state index is 9.67. The number of fused-ring (bicyclic) bond motifs is 2. The van der Waals surface area contributed by atoms with E-state index in [1.807, 2.05) is 18.2 Å². The number of ether oxygens (including phenoxy) is 2. The van der Waals surface area contributed by atoms with Crippen molar-refractivity contribution in [3.05, 3.63) is 48.0 Å². The summed E-state index contributed by atoms with van der Waals surface area (Å²) in [7, 11) is 0. The lowest BCUT2D eigenvalue weighted by Crippen LogP contribution is -1.93. The van der Waals surface area contributed by atoms with Crippen LogP contribution in [0.3, 0.4) is 0 Å². The Hall–Kier alpha value is -2.75. The van der Waals surface area contributed by atoms with Crippen molar-refractivity contribution >= 4 is 11.0 Å². The van der Waals surface area contributed by atoms with Gasteiger partial charge in [-0.2, -0.15) is 0 Å². The van der Waals surface area contributed by atoms with Gasteiger partial charge >= 0.3 is 11.3 Å². The van der Waals surface area contributed by atoms with E-state index in [0.29, 0.717) is 0 Å². The van der Waals surface area contributed by atoms with Crippen LogP contribution in [0.5, 0.6) is 17.2 Å². The van der Waals surface area contributed by atoms with Gasteiger partial charge in [-0.1, -0.05) is 13.3 Å². The number of rotatable bonds is 3. The van der Waals surface area contributed by atoms with E-state index >= 15 is 0 Å². The van der Waals surface area contributed by atoms with Crippen LogP contribution < -0.4 is 9.47 Å². The molecule has 2 aromatic carbocycles. The SMILES string of the molecule is CCCc1cc2cc(O)ccc2[o+]c1-c1ccc2c(c1)OCO2. The van der Waals surface area contributed by atoms with Gasteiger partial charge < -0.3 is 14.6 Å². The summed E-state index contributed by atoms with van der Waals surface area (Å²) in [6.45, 7) is 2.39. The van der Waals surface area contributed by atoms with Gasteiger partial charge in [0.05, 0.1) is 16.5 Å². The topological polar surface area (TPSA) is 50.0 Å². The van der Waals surface area contributed by atoms with E-state index in [4.69, 9.17) is 13.9 Å². The highest BCUT2D eigenvalue weighted by atomic mass is 16.7. The van der Waals surface area contributed by atoms with Crippen LogP contribution in [0.15, 0.2) is 46.9 Å². The Labute approximate surface area is 133 Å². The second-order valence-corrected chi connectivity index (χ2v) is 5.64. The molecule has 0 spiro atoms. The summed E-state index contributed by atoms with van der Waals surface area (Å²) in [5, 5.41) is 10.6. The molecule has 4 heteroatoms. The normalized spacial score (nSPS) is 12.7. The number of aryl methyl sites for hydroxylation is 1. The average molecular weight is 309 g/mol. The van der Waals surface area contributed by atoms with Crippen LogP contribution in [0.2, 0.25) is 0 Å². The van der Waals surface area contributed by atoms with E-state index in [9.17, 15) is 5.11 Å². The van der Waals surface area contributed by atoms with Gasteiger partial charge in [-0.15, -0.1) is 0 Å². The highest BCUT2D eigenvalue weighted by Crippen LogP contribution is 2.38. The zero-order valence-electron chi connectivity index (χ0n) is 12.8. The van der Waals surface area contributed by atoms with Crippen molar-refractivity contribution in [1.29, 1.82) is 0 Å². The van der Waals surface area contributed by atoms with E-state index in [0.717, 1.165) is 52.2 Å². The van der Waals surface area contributed by atoms with Gasteiger partial charge in [-0.05, 0) is 36.8 Å². The molecule has 2 heterocycles. The lowest BCUT2D eigenvalue weighted by molar-refractivity contribution is 0.174. The van der Waals surface area contributed by atoms with Gasteiger partial charge in [0.15, 0.2) is 11.5 Å². The molecular weight excluding hydrogens is 292 g/mol. The van der Waals surface area contributed by atoms with Gasteiger partial charge in [0, 0.05) is 12.1 Å². The van der Waals surface area contributed by atoms with Crippen molar-refractivity contribution in [3.8, 4) is 28.6 Å². The van der Waals surface area contributed by atoms with Crippen LogP contribution >= 0.6 is 0 Å². The first-order valence-corrected chi connectivity index (χ1v) is 7.73. The molecule has 0 aliphatic carbocycles. The predicted molar refractivity (Wildman–Crippen MR) is 87.8 cm³/mol. The second-order valence-electron chi connectivity index (χ2n) is 5.64. The number of aromatic hydroxyl groups is 1. The van der Waals surface area contributed by atoms with Gasteiger partial charge in [-0.25, -0.2) is 4.42 Å². The Morgan fingerprint density at radius 1 is 1.04 bits per heavy atom. The lowest BCUT2D eigenvalue weighted by Gasteiger charge is -2.03. The minimum atomic E-state index is 0.242. The van der Waals surface area contributed by atoms with Crippen molar-refractivity contribution in [2.24, 2.45) is 0 Å². The fraction of sp³-hybridized carbons (Fsp3) is 0.211. The number of phenolic OH excluding ortho intramolecular Hbond substituents is 1. The molecule has 0 unspecified atom stereocenters. The first-order valence-electron chi connectivity index (χ1n) is 7.73. The Kier molecular flexibility index (Phi) is 3.30. The molecule has 116 valence electrons. The molecule has 1 aliphatic heterocycles. The fourth-order valence-electron chi connectivity index (χ4n) is 2.91. The minimum absolute atomic E-state index is 0.242. The van der Waals surface area contributed by atoms with E-state index < -0.39 is 0 Å². The molecule has 0 atom stereocenters. The molecule has 0 saturated carbocycles. The number of benzene rings is 2. The van der Waals surface area contributed by atoms with Gasteiger partial charge in [0.2, 0.25) is 6.79 Å². The minimum Gasteiger partial charge on any atom is -0.508 e. The van der Waals surface area contributed by atoms with Crippen molar-refractivity contribution in [3.63, 3.8) is 0 Å². The third-order valence-electron chi connectivity index (χ3n) is 3.98. The summed E-state index contributed by atoms with van der Waals surface area (Å²) < 4.78 is 17.0. The molecule has 1 aliphatic rings. The van der Waals surface area contributed by atoms with E-state index in [-0.39, 0.29) is 12.5 Å². The Bertz CT molecular complexity index is 886. The number of hydrogen-bond donors (Lipinski definition) is 1. The number of phenols is 1. The van der Waals surface area contributed by atoms with E-state index in [1.54, 1.807) is 18.2 Å². The summed E-state index contributed by atoms with van der Waals surface area (Å²) in [4.78, 5) is 0. The zero-order chi connectivity index (χ0) is 15.8. The Balaban J connectivity index is 1.90. The monoisotopic (exact) mass is 309 g/mol. The molecule has 0 saturated heterocycles. The maximum atomic E-state index is 9.67.